The van der Waals surface area contributed by atoms with E-state index in [-0.39, 0.29) is 13.2 Å². The van der Waals surface area contributed by atoms with Crippen molar-refractivity contribution in [2.75, 3.05) is 6.61 Å². The number of carbonyl (C=O) groups excluding carboxylic acids is 1. The summed E-state index contributed by atoms with van der Waals surface area (Å²) in [6.45, 7) is 1.93. The van der Waals surface area contributed by atoms with Crippen LogP contribution in [0.1, 0.15) is 43.1 Å². The fourth-order valence-corrected chi connectivity index (χ4v) is 4.27. The fourth-order valence-electron chi connectivity index (χ4n) is 4.27. The van der Waals surface area contributed by atoms with Gasteiger partial charge in [-0.25, -0.2) is 0 Å². The van der Waals surface area contributed by atoms with Crippen LogP contribution in [0, 0.1) is 0 Å². The average Bonchev–Trinajstić information content (AvgIpc) is 2.74. The van der Waals surface area contributed by atoms with Gasteiger partial charge < -0.3 is 15.0 Å². The SMILES string of the molecule is CCOC(=O)Cn1c2c(n(Cc3ccccc3)c(=O)c1=O)CCC1=C2C=C(N)CC1. The number of carbonyl (C=O) groups is 1. The molecule has 0 saturated carbocycles. The maximum absolute atomic E-state index is 13.1. The molecule has 0 radical (unpaired) electrons. The lowest BCUT2D eigenvalue weighted by atomic mass is 9.84. The Morgan fingerprint density at radius 3 is 2.47 bits per heavy atom. The number of rotatable bonds is 5. The van der Waals surface area contributed by atoms with Gasteiger partial charge in [-0.3, -0.25) is 19.0 Å². The molecule has 0 amide bonds. The van der Waals surface area contributed by atoms with Gasteiger partial charge in [0, 0.05) is 17.0 Å². The highest BCUT2D eigenvalue weighted by Gasteiger charge is 2.29. The number of nitrogens with zero attached hydrogens (tertiary/aromatic N) is 2. The van der Waals surface area contributed by atoms with Gasteiger partial charge in [-0.2, -0.15) is 0 Å². The summed E-state index contributed by atoms with van der Waals surface area (Å²) < 4.78 is 7.88. The van der Waals surface area contributed by atoms with Crippen LogP contribution in [0.5, 0.6) is 0 Å². The molecule has 30 heavy (non-hydrogen) atoms. The minimum absolute atomic E-state index is 0.210. The van der Waals surface area contributed by atoms with Crippen LogP contribution in [0.3, 0.4) is 0 Å². The largest absolute Gasteiger partial charge is 0.465 e. The number of allylic oxidation sites excluding steroid dienone is 4. The zero-order valence-corrected chi connectivity index (χ0v) is 17.0. The minimum atomic E-state index is -0.718. The zero-order valence-electron chi connectivity index (χ0n) is 17.0. The Morgan fingerprint density at radius 1 is 1.03 bits per heavy atom. The zero-order chi connectivity index (χ0) is 21.3. The molecule has 0 atom stereocenters. The van der Waals surface area contributed by atoms with Crippen LogP contribution in [0.15, 0.2) is 57.3 Å². The molecule has 0 fully saturated rings. The summed E-state index contributed by atoms with van der Waals surface area (Å²) in [6.07, 6.45) is 4.92. The van der Waals surface area contributed by atoms with Gasteiger partial charge >= 0.3 is 17.1 Å². The first kappa shape index (κ1) is 19.9. The minimum Gasteiger partial charge on any atom is -0.465 e. The summed E-state index contributed by atoms with van der Waals surface area (Å²) in [5, 5.41) is 0. The molecule has 0 bridgehead atoms. The van der Waals surface area contributed by atoms with Crippen LogP contribution in [0.25, 0.3) is 5.57 Å². The highest BCUT2D eigenvalue weighted by Crippen LogP contribution is 2.37. The molecule has 2 N–H and O–H groups in total. The van der Waals surface area contributed by atoms with E-state index in [1.54, 1.807) is 11.5 Å². The van der Waals surface area contributed by atoms with Gasteiger partial charge in [-0.05, 0) is 44.2 Å². The normalized spacial score (nSPS) is 15.3. The molecule has 156 valence electrons. The number of ether oxygens (including phenoxy) is 1. The maximum atomic E-state index is 13.1. The van der Waals surface area contributed by atoms with Crippen LogP contribution in [-0.2, 0) is 29.0 Å². The van der Waals surface area contributed by atoms with Gasteiger partial charge in [-0.1, -0.05) is 35.9 Å². The lowest BCUT2D eigenvalue weighted by molar-refractivity contribution is -0.143. The Hall–Kier alpha value is -3.35. The summed E-state index contributed by atoms with van der Waals surface area (Å²) >= 11 is 0. The highest BCUT2D eigenvalue weighted by atomic mass is 16.5. The van der Waals surface area contributed by atoms with Gasteiger partial charge in [0.25, 0.3) is 0 Å². The standard InChI is InChI=1S/C23H25N3O4/c1-2-30-20(27)14-26-21-18-12-17(24)10-8-16(18)9-11-19(21)25(22(28)23(26)29)13-15-6-4-3-5-7-15/h3-7,12H,2,8-11,13-14,24H2,1H3. The average molecular weight is 407 g/mol. The fraction of sp³-hybridized carbons (Fsp3) is 0.348. The van der Waals surface area contributed by atoms with Crippen molar-refractivity contribution in [3.8, 4) is 0 Å². The van der Waals surface area contributed by atoms with Gasteiger partial charge in [0.1, 0.15) is 6.54 Å². The Labute approximate surface area is 174 Å². The van der Waals surface area contributed by atoms with Gasteiger partial charge in [0.05, 0.1) is 18.8 Å². The van der Waals surface area contributed by atoms with Crippen molar-refractivity contribution in [2.45, 2.75) is 45.7 Å². The maximum Gasteiger partial charge on any atom is 0.326 e. The van der Waals surface area contributed by atoms with E-state index < -0.39 is 17.1 Å². The number of nitrogens with two attached hydrogens (primary N) is 1. The molecule has 0 aliphatic heterocycles. The smallest absolute Gasteiger partial charge is 0.326 e. The first-order valence-electron chi connectivity index (χ1n) is 10.2. The molecule has 0 saturated heterocycles. The van der Waals surface area contributed by atoms with E-state index in [1.165, 1.54) is 10.1 Å². The number of fused-ring (bicyclic) bond motifs is 2. The Balaban J connectivity index is 1.94. The second kappa shape index (κ2) is 8.18. The molecule has 1 aromatic carbocycles. The van der Waals surface area contributed by atoms with E-state index in [2.05, 4.69) is 0 Å². The quantitative estimate of drug-likeness (QED) is 0.604. The Kier molecular flexibility index (Phi) is 5.44. The predicted octanol–water partition coefficient (Wildman–Crippen LogP) is 1.96. The number of hydrogen-bond donors (Lipinski definition) is 1. The van der Waals surface area contributed by atoms with E-state index in [0.717, 1.165) is 41.8 Å². The molecule has 1 aromatic heterocycles. The lowest BCUT2D eigenvalue weighted by Gasteiger charge is -2.29. The van der Waals surface area contributed by atoms with Crippen LogP contribution >= 0.6 is 0 Å². The second-order valence-electron chi connectivity index (χ2n) is 7.60. The van der Waals surface area contributed by atoms with Crippen molar-refractivity contribution in [3.05, 3.63) is 85.3 Å². The third-order valence-electron chi connectivity index (χ3n) is 5.66. The third-order valence-corrected chi connectivity index (χ3v) is 5.66. The van der Waals surface area contributed by atoms with Crippen LogP contribution < -0.4 is 16.9 Å². The Morgan fingerprint density at radius 2 is 1.73 bits per heavy atom. The first-order valence-corrected chi connectivity index (χ1v) is 10.2. The molecule has 2 aromatic rings. The van der Waals surface area contributed by atoms with Crippen LogP contribution in [-0.4, -0.2) is 21.7 Å². The van der Waals surface area contributed by atoms with Crippen LogP contribution in [0.4, 0.5) is 0 Å². The number of aromatic nitrogens is 2. The summed E-state index contributed by atoms with van der Waals surface area (Å²) in [5.74, 6) is -0.539. The van der Waals surface area contributed by atoms with Crippen molar-refractivity contribution >= 4 is 11.5 Å². The van der Waals surface area contributed by atoms with E-state index in [4.69, 9.17) is 10.5 Å². The van der Waals surface area contributed by atoms with Gasteiger partial charge in [0.2, 0.25) is 0 Å². The number of esters is 1. The lowest BCUT2D eigenvalue weighted by Crippen LogP contribution is -2.46. The predicted molar refractivity (Wildman–Crippen MR) is 114 cm³/mol. The molecule has 7 nitrogen and oxygen atoms in total. The van der Waals surface area contributed by atoms with E-state index in [1.807, 2.05) is 36.4 Å². The van der Waals surface area contributed by atoms with Crippen molar-refractivity contribution in [1.29, 1.82) is 0 Å². The first-order chi connectivity index (χ1) is 14.5. The van der Waals surface area contributed by atoms with Crippen molar-refractivity contribution < 1.29 is 9.53 Å². The molecule has 1 heterocycles. The third kappa shape index (κ3) is 3.63. The van der Waals surface area contributed by atoms with Crippen LogP contribution in [0.2, 0.25) is 0 Å². The molecular formula is C23H25N3O4. The van der Waals surface area contributed by atoms with E-state index in [9.17, 15) is 14.4 Å². The van der Waals surface area contributed by atoms with E-state index in [0.29, 0.717) is 18.7 Å². The van der Waals surface area contributed by atoms with Crippen molar-refractivity contribution in [1.82, 2.24) is 9.13 Å². The van der Waals surface area contributed by atoms with Crippen molar-refractivity contribution in [3.63, 3.8) is 0 Å². The highest BCUT2D eigenvalue weighted by molar-refractivity contribution is 5.80. The van der Waals surface area contributed by atoms with Crippen molar-refractivity contribution in [2.24, 2.45) is 5.73 Å². The number of hydrogen-bond acceptors (Lipinski definition) is 5. The molecule has 2 aliphatic carbocycles. The van der Waals surface area contributed by atoms with Gasteiger partial charge in [-0.15, -0.1) is 0 Å². The van der Waals surface area contributed by atoms with E-state index >= 15 is 0 Å². The summed E-state index contributed by atoms with van der Waals surface area (Å²) in [5.41, 5.74) is 9.88. The summed E-state index contributed by atoms with van der Waals surface area (Å²) in [4.78, 5) is 38.4. The Bertz CT molecular complexity index is 1170. The van der Waals surface area contributed by atoms with Gasteiger partial charge in [0.15, 0.2) is 0 Å². The monoisotopic (exact) mass is 407 g/mol. The molecule has 4 rings (SSSR count). The summed E-state index contributed by atoms with van der Waals surface area (Å²) in [7, 11) is 0. The molecule has 0 unspecified atom stereocenters. The second-order valence-corrected chi connectivity index (χ2v) is 7.60. The molecule has 0 spiro atoms. The molecule has 7 heteroatoms. The number of benzene rings is 1. The topological polar surface area (TPSA) is 96.3 Å². The summed E-state index contributed by atoms with van der Waals surface area (Å²) in [6, 6.07) is 9.57. The molecular weight excluding hydrogens is 382 g/mol. The molecule has 2 aliphatic rings.